The van der Waals surface area contributed by atoms with Gasteiger partial charge >= 0.3 is 0 Å². The molecule has 2 rings (SSSR count). The van der Waals surface area contributed by atoms with Crippen LogP contribution in [0.1, 0.15) is 35.4 Å². The Balaban J connectivity index is 1.88. The molecule has 2 unspecified atom stereocenters. The number of nitrogens with one attached hydrogen (secondary N) is 1. The summed E-state index contributed by atoms with van der Waals surface area (Å²) in [6.45, 7) is 3.33. The second-order valence-electron chi connectivity index (χ2n) is 5.06. The number of aromatic nitrogens is 1. The van der Waals surface area contributed by atoms with Gasteiger partial charge in [0, 0.05) is 12.2 Å². The fraction of sp³-hybridized carbons (Fsp3) is 0.571. The molecule has 1 aliphatic carbocycles. The van der Waals surface area contributed by atoms with Gasteiger partial charge in [0.15, 0.2) is 0 Å². The number of carbonyl (C=O) groups excluding carboxylic acids is 1. The average molecular weight is 247 g/mol. The topological polar surface area (TPSA) is 68.0 Å². The standard InChI is InChI=1S/C14H21N3O/c1-10-4-2-7-13(17-10)14(18)16-9-12-6-3-5-11(12)8-15/h2,4,7,11-12H,3,5-6,8-9,15H2,1H3,(H,16,18). The summed E-state index contributed by atoms with van der Waals surface area (Å²) in [5.41, 5.74) is 7.10. The molecular formula is C14H21N3O. The molecule has 1 aromatic heterocycles. The summed E-state index contributed by atoms with van der Waals surface area (Å²) in [7, 11) is 0. The fourth-order valence-electron chi connectivity index (χ4n) is 2.68. The molecule has 0 spiro atoms. The molecule has 1 fully saturated rings. The number of rotatable bonds is 4. The van der Waals surface area contributed by atoms with Crippen molar-refractivity contribution in [3.05, 3.63) is 29.6 Å². The Kier molecular flexibility index (Phi) is 4.31. The van der Waals surface area contributed by atoms with Crippen LogP contribution in [-0.4, -0.2) is 24.0 Å². The highest BCUT2D eigenvalue weighted by Gasteiger charge is 2.26. The number of aryl methyl sites for hydroxylation is 1. The van der Waals surface area contributed by atoms with Gasteiger partial charge in [0.1, 0.15) is 5.69 Å². The van der Waals surface area contributed by atoms with Crippen LogP contribution < -0.4 is 11.1 Å². The Morgan fingerprint density at radius 2 is 2.22 bits per heavy atom. The van der Waals surface area contributed by atoms with Gasteiger partial charge in [-0.2, -0.15) is 0 Å². The maximum atomic E-state index is 11.9. The van der Waals surface area contributed by atoms with Crippen LogP contribution in [0.3, 0.4) is 0 Å². The fourth-order valence-corrected chi connectivity index (χ4v) is 2.68. The summed E-state index contributed by atoms with van der Waals surface area (Å²) in [5.74, 6) is 1.01. The summed E-state index contributed by atoms with van der Waals surface area (Å²) in [6, 6.07) is 5.49. The minimum atomic E-state index is -0.0821. The van der Waals surface area contributed by atoms with Crippen molar-refractivity contribution >= 4 is 5.91 Å². The zero-order valence-electron chi connectivity index (χ0n) is 10.9. The number of amides is 1. The van der Waals surface area contributed by atoms with E-state index in [9.17, 15) is 4.79 Å². The van der Waals surface area contributed by atoms with E-state index in [0.29, 0.717) is 17.5 Å². The molecule has 1 amide bonds. The van der Waals surface area contributed by atoms with Crippen molar-refractivity contribution in [2.75, 3.05) is 13.1 Å². The van der Waals surface area contributed by atoms with E-state index < -0.39 is 0 Å². The van der Waals surface area contributed by atoms with E-state index >= 15 is 0 Å². The lowest BCUT2D eigenvalue weighted by Crippen LogP contribution is -2.33. The van der Waals surface area contributed by atoms with Crippen molar-refractivity contribution in [2.24, 2.45) is 17.6 Å². The maximum absolute atomic E-state index is 11.9. The summed E-state index contributed by atoms with van der Waals surface area (Å²) in [6.07, 6.45) is 3.59. The van der Waals surface area contributed by atoms with Crippen LogP contribution in [0.25, 0.3) is 0 Å². The van der Waals surface area contributed by atoms with Gasteiger partial charge in [0.05, 0.1) is 0 Å². The van der Waals surface area contributed by atoms with Crippen LogP contribution in [0.4, 0.5) is 0 Å². The largest absolute Gasteiger partial charge is 0.350 e. The minimum Gasteiger partial charge on any atom is -0.350 e. The third-order valence-corrected chi connectivity index (χ3v) is 3.77. The van der Waals surface area contributed by atoms with Crippen molar-refractivity contribution in [3.63, 3.8) is 0 Å². The molecule has 2 atom stereocenters. The molecule has 1 aliphatic rings. The molecule has 3 N–H and O–H groups in total. The van der Waals surface area contributed by atoms with Crippen LogP contribution in [0.15, 0.2) is 18.2 Å². The predicted octanol–water partition coefficient (Wildman–Crippen LogP) is 1.49. The van der Waals surface area contributed by atoms with E-state index in [2.05, 4.69) is 10.3 Å². The Morgan fingerprint density at radius 3 is 2.94 bits per heavy atom. The third-order valence-electron chi connectivity index (χ3n) is 3.77. The summed E-state index contributed by atoms with van der Waals surface area (Å²) in [4.78, 5) is 16.2. The van der Waals surface area contributed by atoms with Gasteiger partial charge < -0.3 is 11.1 Å². The van der Waals surface area contributed by atoms with Crippen molar-refractivity contribution < 1.29 is 4.79 Å². The van der Waals surface area contributed by atoms with Gasteiger partial charge in [-0.05, 0) is 50.3 Å². The monoisotopic (exact) mass is 247 g/mol. The number of nitrogens with two attached hydrogens (primary N) is 1. The highest BCUT2D eigenvalue weighted by molar-refractivity contribution is 5.92. The van der Waals surface area contributed by atoms with Gasteiger partial charge in [0.25, 0.3) is 5.91 Å². The summed E-state index contributed by atoms with van der Waals surface area (Å²) < 4.78 is 0. The molecular weight excluding hydrogens is 226 g/mol. The Bertz CT molecular complexity index is 419. The first kappa shape index (κ1) is 13.0. The van der Waals surface area contributed by atoms with Crippen molar-refractivity contribution in [3.8, 4) is 0 Å². The molecule has 4 heteroatoms. The molecule has 1 heterocycles. The molecule has 0 radical (unpaired) electrons. The Hall–Kier alpha value is -1.42. The molecule has 0 bridgehead atoms. The third kappa shape index (κ3) is 3.07. The zero-order chi connectivity index (χ0) is 13.0. The molecule has 0 aromatic carbocycles. The first-order chi connectivity index (χ1) is 8.70. The lowest BCUT2D eigenvalue weighted by molar-refractivity contribution is 0.0939. The molecule has 18 heavy (non-hydrogen) atoms. The normalized spacial score (nSPS) is 23.0. The second-order valence-corrected chi connectivity index (χ2v) is 5.06. The van der Waals surface area contributed by atoms with E-state index in [0.717, 1.165) is 18.8 Å². The lowest BCUT2D eigenvalue weighted by Gasteiger charge is -2.18. The van der Waals surface area contributed by atoms with Crippen LogP contribution in [0.5, 0.6) is 0 Å². The van der Waals surface area contributed by atoms with E-state index in [1.54, 1.807) is 6.07 Å². The molecule has 98 valence electrons. The van der Waals surface area contributed by atoms with E-state index in [1.165, 1.54) is 19.3 Å². The van der Waals surface area contributed by atoms with Gasteiger partial charge in [-0.15, -0.1) is 0 Å². The number of nitrogens with zero attached hydrogens (tertiary/aromatic N) is 1. The summed E-state index contributed by atoms with van der Waals surface area (Å²) in [5, 5.41) is 2.98. The average Bonchev–Trinajstić information content (AvgIpc) is 2.83. The zero-order valence-corrected chi connectivity index (χ0v) is 10.9. The maximum Gasteiger partial charge on any atom is 0.269 e. The molecule has 0 aliphatic heterocycles. The van der Waals surface area contributed by atoms with Crippen LogP contribution in [0, 0.1) is 18.8 Å². The van der Waals surface area contributed by atoms with E-state index in [1.807, 2.05) is 19.1 Å². The summed E-state index contributed by atoms with van der Waals surface area (Å²) >= 11 is 0. The van der Waals surface area contributed by atoms with Gasteiger partial charge in [-0.3, -0.25) is 4.79 Å². The first-order valence-corrected chi connectivity index (χ1v) is 6.62. The first-order valence-electron chi connectivity index (χ1n) is 6.62. The van der Waals surface area contributed by atoms with Crippen LogP contribution in [0.2, 0.25) is 0 Å². The van der Waals surface area contributed by atoms with Crippen molar-refractivity contribution in [1.29, 1.82) is 0 Å². The minimum absolute atomic E-state index is 0.0821. The number of hydrogen-bond donors (Lipinski definition) is 2. The van der Waals surface area contributed by atoms with E-state index in [-0.39, 0.29) is 5.91 Å². The van der Waals surface area contributed by atoms with Gasteiger partial charge in [-0.1, -0.05) is 12.5 Å². The van der Waals surface area contributed by atoms with Gasteiger partial charge in [0.2, 0.25) is 0 Å². The number of hydrogen-bond acceptors (Lipinski definition) is 3. The Labute approximate surface area is 108 Å². The van der Waals surface area contributed by atoms with Gasteiger partial charge in [-0.25, -0.2) is 4.98 Å². The molecule has 1 saturated carbocycles. The van der Waals surface area contributed by atoms with Crippen LogP contribution >= 0.6 is 0 Å². The molecule has 4 nitrogen and oxygen atoms in total. The number of carbonyl (C=O) groups is 1. The van der Waals surface area contributed by atoms with Crippen molar-refractivity contribution in [1.82, 2.24) is 10.3 Å². The van der Waals surface area contributed by atoms with Crippen LogP contribution in [-0.2, 0) is 0 Å². The highest BCUT2D eigenvalue weighted by atomic mass is 16.1. The SMILES string of the molecule is Cc1cccc(C(=O)NCC2CCCC2CN)n1. The number of pyridine rings is 1. The quantitative estimate of drug-likeness (QED) is 0.847. The highest BCUT2D eigenvalue weighted by Crippen LogP contribution is 2.30. The smallest absolute Gasteiger partial charge is 0.269 e. The predicted molar refractivity (Wildman–Crippen MR) is 71.2 cm³/mol. The van der Waals surface area contributed by atoms with E-state index in [4.69, 9.17) is 5.73 Å². The Morgan fingerprint density at radius 1 is 1.44 bits per heavy atom. The molecule has 1 aromatic rings. The van der Waals surface area contributed by atoms with Crippen molar-refractivity contribution in [2.45, 2.75) is 26.2 Å². The second kappa shape index (κ2) is 5.96. The lowest BCUT2D eigenvalue weighted by atomic mass is 9.96. The molecule has 0 saturated heterocycles.